The number of ether oxygens (including phenoxy) is 1. The number of likely N-dealkylation sites (tertiary alicyclic amines) is 1. The molecule has 1 atom stereocenters. The van der Waals surface area contributed by atoms with Crippen LogP contribution in [0.2, 0.25) is 0 Å². The van der Waals surface area contributed by atoms with Crippen LogP contribution in [0.25, 0.3) is 11.0 Å². The van der Waals surface area contributed by atoms with Crippen molar-refractivity contribution < 1.29 is 9.53 Å². The molecule has 3 aromatic rings. The highest BCUT2D eigenvalue weighted by Crippen LogP contribution is 2.37. The van der Waals surface area contributed by atoms with Gasteiger partial charge in [-0.15, -0.1) is 0 Å². The lowest BCUT2D eigenvalue weighted by Gasteiger charge is -2.16. The second-order valence-corrected chi connectivity index (χ2v) is 9.11. The maximum Gasteiger partial charge on any atom is 0.223 e. The summed E-state index contributed by atoms with van der Waals surface area (Å²) < 4.78 is 8.36. The molecule has 2 heterocycles. The van der Waals surface area contributed by atoms with E-state index in [1.807, 2.05) is 6.07 Å². The second-order valence-electron chi connectivity index (χ2n) is 9.11. The highest BCUT2D eigenvalue weighted by atomic mass is 16.5. The Morgan fingerprint density at radius 1 is 1.10 bits per heavy atom. The van der Waals surface area contributed by atoms with Gasteiger partial charge >= 0.3 is 0 Å². The van der Waals surface area contributed by atoms with E-state index in [4.69, 9.17) is 9.72 Å². The van der Waals surface area contributed by atoms with Crippen molar-refractivity contribution in [3.8, 4) is 5.75 Å². The van der Waals surface area contributed by atoms with Crippen LogP contribution in [0.4, 0.5) is 0 Å². The average Bonchev–Trinajstić information content (AvgIpc) is 3.43. The predicted molar refractivity (Wildman–Crippen MR) is 122 cm³/mol. The minimum absolute atomic E-state index is 0.201. The third kappa shape index (κ3) is 4.18. The molecule has 2 aromatic carbocycles. The van der Waals surface area contributed by atoms with Gasteiger partial charge in [-0.05, 0) is 63.3 Å². The fraction of sp³-hybridized carbons (Fsp3) is 0.462. The van der Waals surface area contributed by atoms with Gasteiger partial charge in [0.25, 0.3) is 0 Å². The van der Waals surface area contributed by atoms with Crippen molar-refractivity contribution in [2.75, 3.05) is 13.2 Å². The van der Waals surface area contributed by atoms with E-state index in [0.29, 0.717) is 25.0 Å². The van der Waals surface area contributed by atoms with Gasteiger partial charge in [0.15, 0.2) is 0 Å². The van der Waals surface area contributed by atoms with Crippen LogP contribution in [0.3, 0.4) is 0 Å². The standard InChI is InChI=1S/C26H31N3O2/c1-18-9-12-24(19(2)15-18)31-14-6-5-13-28-23-8-4-3-7-22(23)27-26(28)20-16-25(30)29(17-20)21-10-11-21/h3-4,7-9,12,15,20-21H,5-6,10-11,13-14,16-17H2,1-2H3. The molecule has 1 amide bonds. The van der Waals surface area contributed by atoms with Crippen molar-refractivity contribution in [3.63, 3.8) is 0 Å². The van der Waals surface area contributed by atoms with Crippen molar-refractivity contribution in [2.24, 2.45) is 0 Å². The molecule has 0 N–H and O–H groups in total. The molecule has 0 spiro atoms. The van der Waals surface area contributed by atoms with Crippen LogP contribution in [0.15, 0.2) is 42.5 Å². The molecule has 1 aliphatic heterocycles. The monoisotopic (exact) mass is 417 g/mol. The quantitative estimate of drug-likeness (QED) is 0.485. The molecule has 2 fully saturated rings. The van der Waals surface area contributed by atoms with Gasteiger partial charge < -0.3 is 14.2 Å². The molecular weight excluding hydrogens is 386 g/mol. The zero-order valence-corrected chi connectivity index (χ0v) is 18.5. The summed E-state index contributed by atoms with van der Waals surface area (Å²) in [5.74, 6) is 2.55. The summed E-state index contributed by atoms with van der Waals surface area (Å²) in [4.78, 5) is 19.6. The maximum atomic E-state index is 12.5. The smallest absolute Gasteiger partial charge is 0.223 e. The number of carbonyl (C=O) groups excluding carboxylic acids is 1. The first-order valence-corrected chi connectivity index (χ1v) is 11.5. The zero-order valence-electron chi connectivity index (χ0n) is 18.5. The molecule has 0 radical (unpaired) electrons. The van der Waals surface area contributed by atoms with Crippen LogP contribution in [0.5, 0.6) is 5.75 Å². The number of carbonyl (C=O) groups is 1. The molecule has 1 saturated carbocycles. The number of amides is 1. The predicted octanol–water partition coefficient (Wildman–Crippen LogP) is 4.99. The van der Waals surface area contributed by atoms with E-state index in [1.165, 1.54) is 16.6 Å². The Morgan fingerprint density at radius 3 is 2.74 bits per heavy atom. The van der Waals surface area contributed by atoms with Gasteiger partial charge in [-0.2, -0.15) is 0 Å². The molecule has 0 bridgehead atoms. The lowest BCUT2D eigenvalue weighted by atomic mass is 10.1. The van der Waals surface area contributed by atoms with Crippen LogP contribution in [-0.4, -0.2) is 39.6 Å². The third-order valence-corrected chi connectivity index (χ3v) is 6.56. The van der Waals surface area contributed by atoms with Crippen molar-refractivity contribution in [3.05, 3.63) is 59.4 Å². The number of nitrogens with zero attached hydrogens (tertiary/aromatic N) is 3. The van der Waals surface area contributed by atoms with E-state index in [9.17, 15) is 4.79 Å². The van der Waals surface area contributed by atoms with Crippen LogP contribution >= 0.6 is 0 Å². The SMILES string of the molecule is Cc1ccc(OCCCCn2c(C3CC(=O)N(C4CC4)C3)nc3ccccc32)c(C)c1. The number of hydrogen-bond acceptors (Lipinski definition) is 3. The number of rotatable bonds is 8. The fourth-order valence-corrected chi connectivity index (χ4v) is 4.80. The Kier molecular flexibility index (Phi) is 5.43. The highest BCUT2D eigenvalue weighted by molar-refractivity contribution is 5.81. The molecule has 31 heavy (non-hydrogen) atoms. The van der Waals surface area contributed by atoms with Gasteiger partial charge in [0.1, 0.15) is 11.6 Å². The molecule has 5 heteroatoms. The fourth-order valence-electron chi connectivity index (χ4n) is 4.80. The number of aryl methyl sites for hydroxylation is 3. The van der Waals surface area contributed by atoms with E-state index in [0.717, 1.165) is 55.9 Å². The Bertz CT molecular complexity index is 1100. The van der Waals surface area contributed by atoms with Crippen LogP contribution in [-0.2, 0) is 11.3 Å². The van der Waals surface area contributed by atoms with E-state index in [-0.39, 0.29) is 5.92 Å². The van der Waals surface area contributed by atoms with E-state index < -0.39 is 0 Å². The second kappa shape index (κ2) is 8.37. The number of aromatic nitrogens is 2. The number of fused-ring (bicyclic) bond motifs is 1. The van der Waals surface area contributed by atoms with Gasteiger partial charge in [0, 0.05) is 31.5 Å². The summed E-state index contributed by atoms with van der Waals surface area (Å²) in [6.45, 7) is 6.64. The number of hydrogen-bond donors (Lipinski definition) is 0. The van der Waals surface area contributed by atoms with E-state index in [2.05, 4.69) is 59.7 Å². The van der Waals surface area contributed by atoms with Crippen LogP contribution in [0, 0.1) is 13.8 Å². The van der Waals surface area contributed by atoms with Crippen molar-refractivity contribution in [1.82, 2.24) is 14.5 Å². The molecule has 5 nitrogen and oxygen atoms in total. The van der Waals surface area contributed by atoms with Gasteiger partial charge in [-0.1, -0.05) is 29.8 Å². The summed E-state index contributed by atoms with van der Waals surface area (Å²) in [5.41, 5.74) is 4.65. The number of imidazole rings is 1. The van der Waals surface area contributed by atoms with Crippen LogP contribution < -0.4 is 4.74 Å². The summed E-state index contributed by atoms with van der Waals surface area (Å²) in [7, 11) is 0. The lowest BCUT2D eigenvalue weighted by molar-refractivity contribution is -0.128. The largest absolute Gasteiger partial charge is 0.493 e. The minimum atomic E-state index is 0.201. The Morgan fingerprint density at radius 2 is 1.94 bits per heavy atom. The van der Waals surface area contributed by atoms with Gasteiger partial charge in [0.05, 0.1) is 17.6 Å². The molecule has 2 aliphatic rings. The van der Waals surface area contributed by atoms with Gasteiger partial charge in [-0.25, -0.2) is 4.98 Å². The van der Waals surface area contributed by atoms with Crippen molar-refractivity contribution in [2.45, 2.75) is 64.5 Å². The van der Waals surface area contributed by atoms with E-state index in [1.54, 1.807) is 0 Å². The number of unbranched alkanes of at least 4 members (excludes halogenated alkanes) is 1. The lowest BCUT2D eigenvalue weighted by Crippen LogP contribution is -2.27. The van der Waals surface area contributed by atoms with Gasteiger partial charge in [0.2, 0.25) is 5.91 Å². The summed E-state index contributed by atoms with van der Waals surface area (Å²) in [5, 5.41) is 0. The normalized spacial score (nSPS) is 18.8. The maximum absolute atomic E-state index is 12.5. The molecule has 5 rings (SSSR count). The molecule has 162 valence electrons. The molecule has 1 aliphatic carbocycles. The first-order valence-electron chi connectivity index (χ1n) is 11.5. The van der Waals surface area contributed by atoms with Crippen molar-refractivity contribution >= 4 is 16.9 Å². The summed E-state index contributed by atoms with van der Waals surface area (Å²) >= 11 is 0. The van der Waals surface area contributed by atoms with Gasteiger partial charge in [-0.3, -0.25) is 4.79 Å². The first-order chi connectivity index (χ1) is 15.1. The Labute approximate surface area is 184 Å². The summed E-state index contributed by atoms with van der Waals surface area (Å²) in [6.07, 6.45) is 4.92. The molecule has 1 aromatic heterocycles. The highest BCUT2D eigenvalue weighted by Gasteiger charge is 2.41. The molecule has 1 saturated heterocycles. The topological polar surface area (TPSA) is 47.4 Å². The molecular formula is C26H31N3O2. The average molecular weight is 418 g/mol. The van der Waals surface area contributed by atoms with Crippen LogP contribution in [0.1, 0.15) is 55.0 Å². The van der Waals surface area contributed by atoms with E-state index >= 15 is 0 Å². The van der Waals surface area contributed by atoms with Crippen molar-refractivity contribution in [1.29, 1.82) is 0 Å². The molecule has 1 unspecified atom stereocenters. The number of para-hydroxylation sites is 2. The third-order valence-electron chi connectivity index (χ3n) is 6.56. The first kappa shape index (κ1) is 20.1. The number of benzene rings is 2. The minimum Gasteiger partial charge on any atom is -0.493 e. The zero-order chi connectivity index (χ0) is 21.4. The Balaban J connectivity index is 1.25. The summed E-state index contributed by atoms with van der Waals surface area (Å²) in [6, 6.07) is 15.1. The Hall–Kier alpha value is -2.82.